The molecule has 0 saturated heterocycles. The lowest BCUT2D eigenvalue weighted by atomic mass is 9.95. The standard InChI is InChI=1S/C44H74N14O11/c1-7-23(3)33(35(45)62)57-39(66)29(20-27-15-10-9-11-16-27)55-42(69)34(24(4)8-2)58-40(67)30(21-32(60)61)54-37(64)26(6)52-41(68)31(22-59)56-38(65)28(17-13-19-51-44(48)49)53-36(63)25(5)14-12-18-50-43(46)47/h9-11,15-16,23-26,28-31,33-34,59H,7-8,12-14,17-22H2,1-6H3,(H2,45,62)(H,52,68)(H,53,63)(H,54,64)(H,55,69)(H,56,65)(H,57,66)(H,58,67)(H,60,61)(H4,46,47,50)(H4,48,49,51)/t23-,24-,25-,26-,28-,29-,30-,31-,33-,34-/m0/s1. The molecule has 0 unspecified atom stereocenters. The van der Waals surface area contributed by atoms with Crippen LogP contribution in [0.3, 0.4) is 0 Å². The molecule has 0 fully saturated rings. The SMILES string of the molecule is CC[C@H](C)[C@H](NC(=O)[C@H](Cc1ccccc1)NC(=O)[C@@H](NC(=O)[C@H](CC(=O)O)NC(=O)[C@H](C)NC(=O)[C@H](CO)NC(=O)[C@H](CCCN=C(N)N)NC(=O)[C@@H](C)CCCN=C(N)N)[C@@H](C)CC)C(N)=O. The molecule has 0 aliphatic rings. The lowest BCUT2D eigenvalue weighted by Crippen LogP contribution is -2.61. The first-order chi connectivity index (χ1) is 32.4. The molecular formula is C44H74N14O11. The predicted molar refractivity (Wildman–Crippen MR) is 256 cm³/mol. The Balaban J connectivity index is 3.24. The molecule has 25 nitrogen and oxygen atoms in total. The number of primary amides is 1. The van der Waals surface area contributed by atoms with Gasteiger partial charge in [-0.2, -0.15) is 0 Å². The third-order valence-electron chi connectivity index (χ3n) is 11.2. The minimum Gasteiger partial charge on any atom is -0.481 e. The number of aliphatic imine (C=N–C) groups is 2. The first kappa shape index (κ1) is 60.0. The van der Waals surface area contributed by atoms with E-state index in [0.717, 1.165) is 0 Å². The highest BCUT2D eigenvalue weighted by Gasteiger charge is 2.36. The first-order valence-corrected chi connectivity index (χ1v) is 22.8. The topological polar surface area (TPSA) is 433 Å². The summed E-state index contributed by atoms with van der Waals surface area (Å²) in [5, 5.41) is 37.2. The van der Waals surface area contributed by atoms with Crippen molar-refractivity contribution < 1.29 is 53.4 Å². The van der Waals surface area contributed by atoms with Crippen LogP contribution in [0.15, 0.2) is 40.3 Å². The lowest BCUT2D eigenvalue weighted by molar-refractivity contribution is -0.141. The van der Waals surface area contributed by atoms with Crippen LogP contribution in [0, 0.1) is 17.8 Å². The van der Waals surface area contributed by atoms with Gasteiger partial charge in [0.25, 0.3) is 0 Å². The van der Waals surface area contributed by atoms with Crippen LogP contribution in [0.5, 0.6) is 0 Å². The van der Waals surface area contributed by atoms with Gasteiger partial charge in [0.2, 0.25) is 47.3 Å². The average Bonchev–Trinajstić information content (AvgIpc) is 3.29. The van der Waals surface area contributed by atoms with Crippen molar-refractivity contribution in [3.05, 3.63) is 35.9 Å². The van der Waals surface area contributed by atoms with Gasteiger partial charge in [-0.15, -0.1) is 0 Å². The largest absolute Gasteiger partial charge is 0.481 e. The van der Waals surface area contributed by atoms with E-state index >= 15 is 0 Å². The number of rotatable bonds is 32. The summed E-state index contributed by atoms with van der Waals surface area (Å²) in [5.41, 5.74) is 27.7. The van der Waals surface area contributed by atoms with Crippen LogP contribution in [0.2, 0.25) is 0 Å². The van der Waals surface area contributed by atoms with Gasteiger partial charge in [-0.05, 0) is 50.0 Å². The number of carboxylic acids is 1. The Morgan fingerprint density at radius 3 is 1.54 bits per heavy atom. The second-order valence-corrected chi connectivity index (χ2v) is 16.9. The second-order valence-electron chi connectivity index (χ2n) is 16.9. The molecule has 69 heavy (non-hydrogen) atoms. The highest BCUT2D eigenvalue weighted by Crippen LogP contribution is 2.14. The molecule has 8 amide bonds. The molecule has 1 aromatic rings. The molecule has 0 radical (unpaired) electrons. The van der Waals surface area contributed by atoms with Crippen molar-refractivity contribution in [2.75, 3.05) is 19.7 Å². The van der Waals surface area contributed by atoms with Crippen molar-refractivity contribution in [1.29, 1.82) is 0 Å². The van der Waals surface area contributed by atoms with Gasteiger partial charge in [0.05, 0.1) is 13.0 Å². The van der Waals surface area contributed by atoms with Crippen molar-refractivity contribution >= 4 is 65.1 Å². The van der Waals surface area contributed by atoms with E-state index in [1.807, 2.05) is 6.92 Å². The summed E-state index contributed by atoms with van der Waals surface area (Å²) in [7, 11) is 0. The monoisotopic (exact) mass is 975 g/mol. The predicted octanol–water partition coefficient (Wildman–Crippen LogP) is -3.57. The summed E-state index contributed by atoms with van der Waals surface area (Å²) in [6.07, 6.45) is 0.904. The molecule has 0 saturated carbocycles. The van der Waals surface area contributed by atoms with Gasteiger partial charge in [-0.25, -0.2) is 0 Å². The van der Waals surface area contributed by atoms with Crippen molar-refractivity contribution in [3.8, 4) is 0 Å². The minimum atomic E-state index is -1.80. The Morgan fingerprint density at radius 2 is 1.01 bits per heavy atom. The van der Waals surface area contributed by atoms with E-state index in [-0.39, 0.29) is 50.2 Å². The van der Waals surface area contributed by atoms with Crippen LogP contribution >= 0.6 is 0 Å². The molecule has 0 bridgehead atoms. The van der Waals surface area contributed by atoms with Gasteiger partial charge in [0.1, 0.15) is 42.3 Å². The van der Waals surface area contributed by atoms with E-state index < -0.39 is 120 Å². The van der Waals surface area contributed by atoms with Crippen LogP contribution in [-0.2, 0) is 49.6 Å². The summed E-state index contributed by atoms with van der Waals surface area (Å²) in [6, 6.07) is -1.16. The minimum absolute atomic E-state index is 0.0135. The smallest absolute Gasteiger partial charge is 0.305 e. The van der Waals surface area contributed by atoms with Gasteiger partial charge in [0, 0.05) is 25.4 Å². The fourth-order valence-corrected chi connectivity index (χ4v) is 6.61. The Morgan fingerprint density at radius 1 is 0.551 bits per heavy atom. The van der Waals surface area contributed by atoms with E-state index in [1.165, 1.54) is 6.92 Å². The van der Waals surface area contributed by atoms with Crippen molar-refractivity contribution in [2.24, 2.45) is 56.4 Å². The van der Waals surface area contributed by atoms with Gasteiger partial charge in [-0.1, -0.05) is 77.8 Å². The van der Waals surface area contributed by atoms with Gasteiger partial charge < -0.3 is 76.1 Å². The summed E-state index contributed by atoms with van der Waals surface area (Å²) < 4.78 is 0. The number of carbonyl (C=O) groups excluding carboxylic acids is 8. The van der Waals surface area contributed by atoms with Crippen molar-refractivity contribution in [2.45, 2.75) is 135 Å². The normalized spacial score (nSPS) is 15.2. The fraction of sp³-hybridized carbons (Fsp3) is 0.614. The van der Waals surface area contributed by atoms with Crippen LogP contribution < -0.4 is 65.9 Å². The molecule has 0 aliphatic heterocycles. The summed E-state index contributed by atoms with van der Waals surface area (Å²) in [5.74, 6) is -10.2. The molecule has 386 valence electrons. The number of nitrogens with one attached hydrogen (secondary N) is 7. The number of benzene rings is 1. The lowest BCUT2D eigenvalue weighted by Gasteiger charge is -2.29. The zero-order valence-electron chi connectivity index (χ0n) is 40.3. The molecule has 19 N–H and O–H groups in total. The number of hydrogen-bond acceptors (Lipinski definition) is 12. The van der Waals surface area contributed by atoms with E-state index in [1.54, 1.807) is 58.0 Å². The molecule has 10 atom stereocenters. The van der Waals surface area contributed by atoms with Gasteiger partial charge in [-0.3, -0.25) is 53.1 Å². The maximum Gasteiger partial charge on any atom is 0.305 e. The molecule has 0 spiro atoms. The average molecular weight is 975 g/mol. The Labute approximate surface area is 402 Å². The van der Waals surface area contributed by atoms with Gasteiger partial charge >= 0.3 is 5.97 Å². The number of nitrogens with two attached hydrogens (primary N) is 5. The van der Waals surface area contributed by atoms with Crippen LogP contribution in [-0.4, -0.2) is 137 Å². The highest BCUT2D eigenvalue weighted by molar-refractivity contribution is 5.98. The number of nitrogens with zero attached hydrogens (tertiary/aromatic N) is 2. The Bertz CT molecular complexity index is 1950. The molecule has 0 aliphatic carbocycles. The van der Waals surface area contributed by atoms with Crippen molar-refractivity contribution in [3.63, 3.8) is 0 Å². The third kappa shape index (κ3) is 22.5. The molecular weight excluding hydrogens is 901 g/mol. The zero-order chi connectivity index (χ0) is 52.4. The molecule has 25 heteroatoms. The van der Waals surface area contributed by atoms with Gasteiger partial charge in [0.15, 0.2) is 11.9 Å². The van der Waals surface area contributed by atoms with E-state index in [0.29, 0.717) is 31.2 Å². The fourth-order valence-electron chi connectivity index (χ4n) is 6.61. The summed E-state index contributed by atoms with van der Waals surface area (Å²) >= 11 is 0. The second kappa shape index (κ2) is 31.1. The number of aliphatic carboxylic acids is 1. The van der Waals surface area contributed by atoms with Crippen LogP contribution in [0.4, 0.5) is 0 Å². The number of aliphatic hydroxyl groups is 1. The third-order valence-corrected chi connectivity index (χ3v) is 11.2. The number of hydrogen-bond donors (Lipinski definition) is 14. The Hall–Kier alpha value is -7.05. The highest BCUT2D eigenvalue weighted by atomic mass is 16.4. The first-order valence-electron chi connectivity index (χ1n) is 22.8. The van der Waals surface area contributed by atoms with E-state index in [2.05, 4.69) is 47.2 Å². The van der Waals surface area contributed by atoms with E-state index in [4.69, 9.17) is 28.7 Å². The van der Waals surface area contributed by atoms with E-state index in [9.17, 15) is 53.4 Å². The molecule has 0 heterocycles. The molecule has 0 aromatic heterocycles. The van der Waals surface area contributed by atoms with Crippen molar-refractivity contribution in [1.82, 2.24) is 37.2 Å². The number of aliphatic hydroxyl groups excluding tert-OH is 1. The number of guanidine groups is 2. The summed E-state index contributed by atoms with van der Waals surface area (Å²) in [4.78, 5) is 127. The zero-order valence-corrected chi connectivity index (χ0v) is 40.3. The number of carbonyl (C=O) groups is 9. The number of carboxylic acid groups (broad SMARTS) is 1. The molecule has 1 aromatic carbocycles. The number of amides is 8. The maximum atomic E-state index is 14.0. The van der Waals surface area contributed by atoms with Crippen LogP contribution in [0.25, 0.3) is 0 Å². The molecule has 1 rings (SSSR count). The summed E-state index contributed by atoms with van der Waals surface area (Å²) in [6.45, 7) is 9.15. The Kier molecular flexibility index (Phi) is 27.0. The quantitative estimate of drug-likeness (QED) is 0.0189. The maximum absolute atomic E-state index is 14.0. The van der Waals surface area contributed by atoms with Crippen LogP contribution in [0.1, 0.15) is 92.1 Å².